The number of hydrogen-bond acceptors (Lipinski definition) is 3. The van der Waals surface area contributed by atoms with E-state index in [1.807, 2.05) is 31.2 Å². The fourth-order valence-corrected chi connectivity index (χ4v) is 6.12. The number of halogens is 1. The average Bonchev–Trinajstić information content (AvgIpc) is 3.10. The number of nitrogens with one attached hydrogen (secondary N) is 1. The van der Waals surface area contributed by atoms with Crippen molar-refractivity contribution >= 4 is 17.5 Å². The molecule has 4 nitrogen and oxygen atoms in total. The van der Waals surface area contributed by atoms with Gasteiger partial charge in [0.1, 0.15) is 18.1 Å². The molecule has 5 heteroatoms. The predicted molar refractivity (Wildman–Crippen MR) is 108 cm³/mol. The van der Waals surface area contributed by atoms with Gasteiger partial charge in [0.25, 0.3) is 5.91 Å². The molecule has 1 N–H and O–H groups in total. The van der Waals surface area contributed by atoms with Gasteiger partial charge >= 0.3 is 0 Å². The van der Waals surface area contributed by atoms with Gasteiger partial charge in [0, 0.05) is 10.6 Å². The zero-order valence-electron chi connectivity index (χ0n) is 16.2. The quantitative estimate of drug-likeness (QED) is 0.720. The van der Waals surface area contributed by atoms with Crippen LogP contribution in [0.1, 0.15) is 60.4 Å². The van der Waals surface area contributed by atoms with Gasteiger partial charge in [-0.05, 0) is 99.1 Å². The molecule has 0 saturated heterocycles. The summed E-state index contributed by atoms with van der Waals surface area (Å²) >= 11 is 6.05. The van der Waals surface area contributed by atoms with Gasteiger partial charge in [-0.3, -0.25) is 4.79 Å². The van der Waals surface area contributed by atoms with E-state index in [4.69, 9.17) is 20.8 Å². The first-order chi connectivity index (χ1) is 13.5. The lowest BCUT2D eigenvalue weighted by atomic mass is 9.53. The molecule has 6 rings (SSSR count). The number of carbonyl (C=O) groups is 1. The van der Waals surface area contributed by atoms with Crippen molar-refractivity contribution in [2.45, 2.75) is 57.6 Å². The Morgan fingerprint density at radius 3 is 2.46 bits per heavy atom. The van der Waals surface area contributed by atoms with Crippen LogP contribution in [0.25, 0.3) is 0 Å². The molecule has 0 atom stereocenters. The number of carbonyl (C=O) groups excluding carboxylic acids is 1. The highest BCUT2D eigenvalue weighted by atomic mass is 35.5. The Labute approximate surface area is 170 Å². The number of rotatable bonds is 5. The molecule has 4 fully saturated rings. The molecule has 0 radical (unpaired) electrons. The van der Waals surface area contributed by atoms with Gasteiger partial charge in [0.05, 0.1) is 0 Å². The van der Waals surface area contributed by atoms with Crippen LogP contribution < -0.4 is 10.1 Å². The number of benzene rings is 1. The second kappa shape index (κ2) is 6.84. The van der Waals surface area contributed by atoms with Gasteiger partial charge in [-0.25, -0.2) is 0 Å². The minimum atomic E-state index is -0.0875. The zero-order chi connectivity index (χ0) is 19.3. The van der Waals surface area contributed by atoms with Crippen LogP contribution in [0.3, 0.4) is 0 Å². The third-order valence-corrected chi connectivity index (χ3v) is 7.24. The molecular weight excluding hydrogens is 374 g/mol. The van der Waals surface area contributed by atoms with E-state index in [-0.39, 0.29) is 18.1 Å². The number of hydrogen-bond donors (Lipinski definition) is 1. The minimum absolute atomic E-state index is 0.00385. The summed E-state index contributed by atoms with van der Waals surface area (Å²) in [5.41, 5.74) is 0.963. The highest BCUT2D eigenvalue weighted by molar-refractivity contribution is 6.31. The third-order valence-electron chi connectivity index (χ3n) is 6.81. The molecule has 4 saturated carbocycles. The molecule has 0 spiro atoms. The van der Waals surface area contributed by atoms with Gasteiger partial charge in [0.2, 0.25) is 0 Å². The Hall–Kier alpha value is -1.94. The number of furan rings is 1. The summed E-state index contributed by atoms with van der Waals surface area (Å²) in [7, 11) is 0. The van der Waals surface area contributed by atoms with E-state index < -0.39 is 0 Å². The second-order valence-electron chi connectivity index (χ2n) is 9.12. The van der Waals surface area contributed by atoms with Gasteiger partial charge in [-0.1, -0.05) is 11.6 Å². The molecule has 4 aliphatic carbocycles. The Kier molecular flexibility index (Phi) is 4.42. The van der Waals surface area contributed by atoms with Crippen molar-refractivity contribution in [1.82, 2.24) is 5.32 Å². The van der Waals surface area contributed by atoms with E-state index in [9.17, 15) is 4.79 Å². The lowest BCUT2D eigenvalue weighted by molar-refractivity contribution is -0.0171. The number of aryl methyl sites for hydroxylation is 1. The molecule has 148 valence electrons. The molecule has 1 amide bonds. The monoisotopic (exact) mass is 399 g/mol. The Bertz CT molecular complexity index is 868. The van der Waals surface area contributed by atoms with Gasteiger partial charge in [-0.2, -0.15) is 0 Å². The molecule has 1 aromatic carbocycles. The number of amides is 1. The summed E-state index contributed by atoms with van der Waals surface area (Å²) in [6.07, 6.45) is 7.50. The average molecular weight is 400 g/mol. The maximum Gasteiger partial charge on any atom is 0.287 e. The summed E-state index contributed by atoms with van der Waals surface area (Å²) in [4.78, 5) is 12.8. The van der Waals surface area contributed by atoms with Crippen LogP contribution in [0.4, 0.5) is 0 Å². The topological polar surface area (TPSA) is 51.5 Å². The summed E-state index contributed by atoms with van der Waals surface area (Å²) in [6, 6.07) is 9.11. The highest BCUT2D eigenvalue weighted by Crippen LogP contribution is 2.55. The van der Waals surface area contributed by atoms with Crippen molar-refractivity contribution in [3.63, 3.8) is 0 Å². The van der Waals surface area contributed by atoms with Crippen molar-refractivity contribution in [3.05, 3.63) is 52.4 Å². The first-order valence-electron chi connectivity index (χ1n) is 10.3. The predicted octanol–water partition coefficient (Wildman–Crippen LogP) is 5.52. The van der Waals surface area contributed by atoms with Crippen molar-refractivity contribution in [1.29, 1.82) is 0 Å². The largest absolute Gasteiger partial charge is 0.486 e. The van der Waals surface area contributed by atoms with Crippen LogP contribution in [0, 0.1) is 24.7 Å². The zero-order valence-corrected chi connectivity index (χ0v) is 16.9. The van der Waals surface area contributed by atoms with Crippen LogP contribution in [-0.2, 0) is 6.61 Å². The van der Waals surface area contributed by atoms with E-state index in [0.717, 1.165) is 48.3 Å². The molecule has 4 aliphatic rings. The third kappa shape index (κ3) is 3.43. The summed E-state index contributed by atoms with van der Waals surface area (Å²) in [5.74, 6) is 4.07. The molecule has 4 bridgehead atoms. The van der Waals surface area contributed by atoms with Crippen LogP contribution in [-0.4, -0.2) is 11.4 Å². The first-order valence-corrected chi connectivity index (χ1v) is 10.7. The standard InChI is InChI=1S/C23H26ClNO3/c1-14-6-18(2-4-20(14)24)27-13-19-3-5-21(28-19)22(26)25-23-10-15-7-16(11-23)9-17(8-15)12-23/h2-6,15-17H,7-13H2,1H3,(H,25,26). The van der Waals surface area contributed by atoms with Crippen LogP contribution in [0.5, 0.6) is 5.75 Å². The molecule has 1 heterocycles. The smallest absolute Gasteiger partial charge is 0.287 e. The van der Waals surface area contributed by atoms with Gasteiger partial charge in [0.15, 0.2) is 5.76 Å². The summed E-state index contributed by atoms with van der Waals surface area (Å²) < 4.78 is 11.5. The lowest BCUT2D eigenvalue weighted by Crippen LogP contribution is -2.59. The minimum Gasteiger partial charge on any atom is -0.486 e. The Morgan fingerprint density at radius 2 is 1.82 bits per heavy atom. The van der Waals surface area contributed by atoms with E-state index >= 15 is 0 Å². The first kappa shape index (κ1) is 18.1. The SMILES string of the molecule is Cc1cc(OCc2ccc(C(=O)NC34CC5CC(CC(C5)C3)C4)o2)ccc1Cl. The molecule has 0 unspecified atom stereocenters. The fourth-order valence-electron chi connectivity index (χ4n) is 6.01. The second-order valence-corrected chi connectivity index (χ2v) is 9.52. The Balaban J connectivity index is 1.22. The van der Waals surface area contributed by atoms with E-state index in [1.165, 1.54) is 19.3 Å². The maximum atomic E-state index is 12.8. The van der Waals surface area contributed by atoms with E-state index in [2.05, 4.69) is 5.32 Å². The fraction of sp³-hybridized carbons (Fsp3) is 0.522. The normalized spacial score (nSPS) is 30.4. The van der Waals surface area contributed by atoms with Crippen molar-refractivity contribution in [2.24, 2.45) is 17.8 Å². The summed E-state index contributed by atoms with van der Waals surface area (Å²) in [5, 5.41) is 4.07. The van der Waals surface area contributed by atoms with Crippen LogP contribution in [0.15, 0.2) is 34.7 Å². The van der Waals surface area contributed by atoms with Crippen LogP contribution in [0.2, 0.25) is 5.02 Å². The van der Waals surface area contributed by atoms with Crippen molar-refractivity contribution < 1.29 is 13.9 Å². The maximum absolute atomic E-state index is 12.8. The Morgan fingerprint density at radius 1 is 1.14 bits per heavy atom. The lowest BCUT2D eigenvalue weighted by Gasteiger charge is -2.56. The van der Waals surface area contributed by atoms with Gasteiger partial charge in [-0.15, -0.1) is 0 Å². The molecule has 0 aliphatic heterocycles. The number of ether oxygens (including phenoxy) is 1. The van der Waals surface area contributed by atoms with Crippen molar-refractivity contribution in [2.75, 3.05) is 0 Å². The molecule has 28 heavy (non-hydrogen) atoms. The van der Waals surface area contributed by atoms with Gasteiger partial charge < -0.3 is 14.5 Å². The summed E-state index contributed by atoms with van der Waals surface area (Å²) in [6.45, 7) is 2.22. The van der Waals surface area contributed by atoms with E-state index in [1.54, 1.807) is 6.07 Å². The van der Waals surface area contributed by atoms with Crippen LogP contribution >= 0.6 is 11.6 Å². The van der Waals surface area contributed by atoms with Crippen molar-refractivity contribution in [3.8, 4) is 5.75 Å². The molecular formula is C23H26ClNO3. The van der Waals surface area contributed by atoms with E-state index in [0.29, 0.717) is 16.5 Å². The molecule has 2 aromatic rings. The highest BCUT2D eigenvalue weighted by Gasteiger charge is 2.51. The molecule has 1 aromatic heterocycles.